The van der Waals surface area contributed by atoms with Crippen LogP contribution in [0.4, 0.5) is 5.82 Å². The largest absolute Gasteiger partial charge is 0.386 e. The van der Waals surface area contributed by atoms with Crippen LogP contribution in [0, 0.1) is 0 Å². The van der Waals surface area contributed by atoms with Crippen molar-refractivity contribution in [1.82, 2.24) is 15.2 Å². The fraction of sp³-hybridized carbons (Fsp3) is 0.611. The molecule has 1 aromatic heterocycles. The molecule has 7 heteroatoms. The summed E-state index contributed by atoms with van der Waals surface area (Å²) in [7, 11) is 0. The standard InChI is InChI=1S/C18H26N4O3/c23-16(12-21-10-5-1-2-7-17(21)24)20-13-18(25)8-11-22(14-18)15-6-3-4-9-19-15/h3-4,6,9,25H,1-2,5,7-8,10-14H2,(H,20,23)/t18-/m1/s1. The highest BCUT2D eigenvalue weighted by molar-refractivity contribution is 5.84. The number of carbonyl (C=O) groups excluding carboxylic acids is 2. The average molecular weight is 346 g/mol. The molecule has 2 N–H and O–H groups in total. The number of aliphatic hydroxyl groups is 1. The normalized spacial score (nSPS) is 24.3. The van der Waals surface area contributed by atoms with Crippen LogP contribution in [-0.2, 0) is 9.59 Å². The van der Waals surface area contributed by atoms with Gasteiger partial charge in [0.15, 0.2) is 0 Å². The maximum atomic E-state index is 12.2. The predicted molar refractivity (Wildman–Crippen MR) is 94.1 cm³/mol. The van der Waals surface area contributed by atoms with Gasteiger partial charge in [-0.3, -0.25) is 9.59 Å². The zero-order valence-electron chi connectivity index (χ0n) is 14.5. The highest BCUT2D eigenvalue weighted by Gasteiger charge is 2.37. The van der Waals surface area contributed by atoms with Crippen LogP contribution in [0.3, 0.4) is 0 Å². The molecule has 3 heterocycles. The lowest BCUT2D eigenvalue weighted by molar-refractivity contribution is -0.135. The molecule has 25 heavy (non-hydrogen) atoms. The Morgan fingerprint density at radius 2 is 2.16 bits per heavy atom. The van der Waals surface area contributed by atoms with E-state index in [2.05, 4.69) is 10.3 Å². The van der Waals surface area contributed by atoms with E-state index in [1.54, 1.807) is 11.1 Å². The third-order valence-electron chi connectivity index (χ3n) is 4.93. The van der Waals surface area contributed by atoms with Gasteiger partial charge in [0.2, 0.25) is 11.8 Å². The molecular weight excluding hydrogens is 320 g/mol. The Labute approximate surface area is 148 Å². The fourth-order valence-corrected chi connectivity index (χ4v) is 3.44. The van der Waals surface area contributed by atoms with Crippen LogP contribution in [0.25, 0.3) is 0 Å². The van der Waals surface area contributed by atoms with Crippen LogP contribution in [0.15, 0.2) is 24.4 Å². The van der Waals surface area contributed by atoms with Crippen LogP contribution >= 0.6 is 0 Å². The summed E-state index contributed by atoms with van der Waals surface area (Å²) >= 11 is 0. The molecule has 0 aromatic carbocycles. The first-order valence-corrected chi connectivity index (χ1v) is 8.99. The first kappa shape index (κ1) is 17.7. The van der Waals surface area contributed by atoms with E-state index in [1.807, 2.05) is 23.1 Å². The minimum absolute atomic E-state index is 0.0496. The highest BCUT2D eigenvalue weighted by atomic mass is 16.3. The molecule has 3 rings (SSSR count). The van der Waals surface area contributed by atoms with Crippen molar-refractivity contribution in [2.45, 2.75) is 37.7 Å². The number of hydrogen-bond donors (Lipinski definition) is 2. The minimum Gasteiger partial charge on any atom is -0.386 e. The number of anilines is 1. The summed E-state index contributed by atoms with van der Waals surface area (Å²) in [5.41, 5.74) is -0.962. The molecule has 0 bridgehead atoms. The summed E-state index contributed by atoms with van der Waals surface area (Å²) in [6.45, 7) is 2.06. The molecule has 0 unspecified atom stereocenters. The molecule has 0 saturated carbocycles. The molecular formula is C18H26N4O3. The summed E-state index contributed by atoms with van der Waals surface area (Å²) in [5, 5.41) is 13.5. The third-order valence-corrected chi connectivity index (χ3v) is 4.93. The Hall–Kier alpha value is -2.15. The van der Waals surface area contributed by atoms with Crippen molar-refractivity contribution < 1.29 is 14.7 Å². The maximum absolute atomic E-state index is 12.2. The zero-order chi connectivity index (χ0) is 17.7. The van der Waals surface area contributed by atoms with Crippen LogP contribution in [-0.4, -0.2) is 65.1 Å². The number of likely N-dealkylation sites (tertiary alicyclic amines) is 1. The monoisotopic (exact) mass is 346 g/mol. The number of amides is 2. The Morgan fingerprint density at radius 1 is 1.28 bits per heavy atom. The van der Waals surface area contributed by atoms with Gasteiger partial charge in [-0.25, -0.2) is 4.98 Å². The molecule has 2 fully saturated rings. The highest BCUT2D eigenvalue weighted by Crippen LogP contribution is 2.24. The number of pyridine rings is 1. The minimum atomic E-state index is -0.962. The Morgan fingerprint density at radius 3 is 2.96 bits per heavy atom. The summed E-state index contributed by atoms with van der Waals surface area (Å²) in [4.78, 5) is 32.1. The topological polar surface area (TPSA) is 85.8 Å². The summed E-state index contributed by atoms with van der Waals surface area (Å²) in [6, 6.07) is 5.69. The van der Waals surface area contributed by atoms with E-state index in [0.29, 0.717) is 32.5 Å². The van der Waals surface area contributed by atoms with Crippen molar-refractivity contribution >= 4 is 17.6 Å². The second kappa shape index (κ2) is 7.82. The summed E-state index contributed by atoms with van der Waals surface area (Å²) in [6.07, 6.45) is 5.71. The van der Waals surface area contributed by atoms with E-state index in [1.165, 1.54) is 0 Å². The van der Waals surface area contributed by atoms with E-state index in [0.717, 1.165) is 25.1 Å². The number of β-amino-alcohol motifs (C(OH)–C–C–N with tert-alkyl or cyclic N) is 1. The Kier molecular flexibility index (Phi) is 5.53. The van der Waals surface area contributed by atoms with Crippen molar-refractivity contribution in [3.63, 3.8) is 0 Å². The lowest BCUT2D eigenvalue weighted by Crippen LogP contribution is -2.48. The van der Waals surface area contributed by atoms with Gasteiger partial charge in [0.25, 0.3) is 0 Å². The maximum Gasteiger partial charge on any atom is 0.239 e. The molecule has 1 aromatic rings. The van der Waals surface area contributed by atoms with E-state index in [-0.39, 0.29) is 24.9 Å². The Bertz CT molecular complexity index is 610. The zero-order valence-corrected chi connectivity index (χ0v) is 14.5. The first-order valence-electron chi connectivity index (χ1n) is 8.99. The van der Waals surface area contributed by atoms with Gasteiger partial charge in [-0.2, -0.15) is 0 Å². The van der Waals surface area contributed by atoms with Crippen LogP contribution in [0.5, 0.6) is 0 Å². The van der Waals surface area contributed by atoms with E-state index in [9.17, 15) is 14.7 Å². The average Bonchev–Trinajstić information content (AvgIpc) is 2.91. The van der Waals surface area contributed by atoms with Crippen LogP contribution < -0.4 is 10.2 Å². The summed E-state index contributed by atoms with van der Waals surface area (Å²) < 4.78 is 0. The molecule has 2 aliphatic rings. The second-order valence-corrected chi connectivity index (χ2v) is 6.99. The van der Waals surface area contributed by atoms with Gasteiger partial charge in [0.1, 0.15) is 11.4 Å². The third kappa shape index (κ3) is 4.69. The van der Waals surface area contributed by atoms with Crippen LogP contribution in [0.2, 0.25) is 0 Å². The van der Waals surface area contributed by atoms with Gasteiger partial charge in [-0.1, -0.05) is 12.5 Å². The molecule has 1 atom stereocenters. The van der Waals surface area contributed by atoms with Crippen molar-refractivity contribution in [1.29, 1.82) is 0 Å². The smallest absolute Gasteiger partial charge is 0.239 e. The SMILES string of the molecule is O=C(CN1CCCCCC1=O)NC[C@]1(O)CCN(c2ccccn2)C1. The molecule has 7 nitrogen and oxygen atoms in total. The Balaban J connectivity index is 1.47. The van der Waals surface area contributed by atoms with Gasteiger partial charge >= 0.3 is 0 Å². The number of nitrogens with one attached hydrogen (secondary N) is 1. The molecule has 136 valence electrons. The molecule has 2 aliphatic heterocycles. The summed E-state index contributed by atoms with van der Waals surface area (Å²) in [5.74, 6) is 0.674. The number of hydrogen-bond acceptors (Lipinski definition) is 5. The lowest BCUT2D eigenvalue weighted by Gasteiger charge is -2.25. The number of rotatable bonds is 5. The van der Waals surface area contributed by atoms with Gasteiger partial charge in [-0.05, 0) is 31.4 Å². The molecule has 0 radical (unpaired) electrons. The van der Waals surface area contributed by atoms with Crippen molar-refractivity contribution in [2.75, 3.05) is 37.6 Å². The van der Waals surface area contributed by atoms with Gasteiger partial charge in [0, 0.05) is 38.8 Å². The molecule has 0 spiro atoms. The first-order chi connectivity index (χ1) is 12.1. The number of aromatic nitrogens is 1. The number of nitrogens with zero attached hydrogens (tertiary/aromatic N) is 3. The lowest BCUT2D eigenvalue weighted by atomic mass is 10.0. The second-order valence-electron chi connectivity index (χ2n) is 6.99. The fourth-order valence-electron chi connectivity index (χ4n) is 3.44. The quantitative estimate of drug-likeness (QED) is 0.813. The molecule has 2 amide bonds. The van der Waals surface area contributed by atoms with Gasteiger partial charge in [0.05, 0.1) is 6.54 Å². The van der Waals surface area contributed by atoms with Gasteiger partial charge < -0.3 is 20.2 Å². The predicted octanol–water partition coefficient (Wildman–Crippen LogP) is 0.542. The van der Waals surface area contributed by atoms with Crippen molar-refractivity contribution in [2.24, 2.45) is 0 Å². The van der Waals surface area contributed by atoms with Crippen LogP contribution in [0.1, 0.15) is 32.1 Å². The molecule has 0 aliphatic carbocycles. The molecule has 2 saturated heterocycles. The van der Waals surface area contributed by atoms with Crippen molar-refractivity contribution in [3.05, 3.63) is 24.4 Å². The van der Waals surface area contributed by atoms with E-state index < -0.39 is 5.60 Å². The number of carbonyl (C=O) groups is 2. The van der Waals surface area contributed by atoms with E-state index >= 15 is 0 Å². The van der Waals surface area contributed by atoms with E-state index in [4.69, 9.17) is 0 Å². The van der Waals surface area contributed by atoms with Gasteiger partial charge in [-0.15, -0.1) is 0 Å². The van der Waals surface area contributed by atoms with Crippen molar-refractivity contribution in [3.8, 4) is 0 Å².